The van der Waals surface area contributed by atoms with Crippen LogP contribution in [0.5, 0.6) is 0 Å². The van der Waals surface area contributed by atoms with Crippen molar-refractivity contribution in [2.75, 3.05) is 19.7 Å². The molecule has 64 valence electrons. The number of rotatable bonds is 2. The Balaban J connectivity index is 2.39. The zero-order valence-electron chi connectivity index (χ0n) is 7.42. The highest BCUT2D eigenvalue weighted by molar-refractivity contribution is 4.86. The fraction of sp³-hybridized carbons (Fsp3) is 0.778. The summed E-state index contributed by atoms with van der Waals surface area (Å²) in [5.41, 5.74) is 0. The highest BCUT2D eigenvalue weighted by Gasteiger charge is 2.19. The van der Waals surface area contributed by atoms with Gasteiger partial charge in [0.05, 0.1) is 12.7 Å². The number of hydrogen-bond acceptors (Lipinski definition) is 2. The van der Waals surface area contributed by atoms with Crippen LogP contribution in [0.3, 0.4) is 0 Å². The predicted molar refractivity (Wildman–Crippen MR) is 46.6 cm³/mol. The highest BCUT2D eigenvalue weighted by atomic mass is 16.5. The molecule has 0 N–H and O–H groups in total. The number of nitrogens with zero attached hydrogens (tertiary/aromatic N) is 1. The van der Waals surface area contributed by atoms with Gasteiger partial charge in [0.2, 0.25) is 0 Å². The van der Waals surface area contributed by atoms with E-state index >= 15 is 0 Å². The van der Waals surface area contributed by atoms with Crippen molar-refractivity contribution in [2.24, 2.45) is 0 Å². The van der Waals surface area contributed by atoms with E-state index in [1.807, 2.05) is 6.08 Å². The monoisotopic (exact) mass is 155 g/mol. The Morgan fingerprint density at radius 3 is 2.91 bits per heavy atom. The van der Waals surface area contributed by atoms with Gasteiger partial charge in [-0.05, 0) is 13.8 Å². The molecule has 0 saturated carbocycles. The summed E-state index contributed by atoms with van der Waals surface area (Å²) in [7, 11) is 0. The summed E-state index contributed by atoms with van der Waals surface area (Å²) in [6, 6.07) is 0.626. The molecule has 0 amide bonds. The largest absolute Gasteiger partial charge is 0.371 e. The van der Waals surface area contributed by atoms with E-state index in [2.05, 4.69) is 25.3 Å². The van der Waals surface area contributed by atoms with Crippen molar-refractivity contribution in [3.8, 4) is 0 Å². The van der Waals surface area contributed by atoms with Crippen LogP contribution in [0.25, 0.3) is 0 Å². The van der Waals surface area contributed by atoms with Crippen LogP contribution in [-0.4, -0.2) is 36.7 Å². The van der Waals surface area contributed by atoms with Crippen molar-refractivity contribution in [1.82, 2.24) is 4.90 Å². The molecule has 0 bridgehead atoms. The van der Waals surface area contributed by atoms with Crippen molar-refractivity contribution >= 4 is 0 Å². The van der Waals surface area contributed by atoms with E-state index in [4.69, 9.17) is 4.74 Å². The Morgan fingerprint density at radius 1 is 1.64 bits per heavy atom. The molecule has 0 aromatic heterocycles. The lowest BCUT2D eigenvalue weighted by atomic mass is 10.2. The molecule has 2 nitrogen and oxygen atoms in total. The molecule has 1 fully saturated rings. The van der Waals surface area contributed by atoms with Crippen LogP contribution in [0, 0.1) is 0 Å². The topological polar surface area (TPSA) is 12.5 Å². The molecule has 1 unspecified atom stereocenters. The summed E-state index contributed by atoms with van der Waals surface area (Å²) in [6.45, 7) is 11.1. The second-order valence-electron chi connectivity index (χ2n) is 3.23. The number of morpholine rings is 1. The molecule has 11 heavy (non-hydrogen) atoms. The Labute approximate surface area is 68.8 Å². The third-order valence-corrected chi connectivity index (χ3v) is 2.12. The van der Waals surface area contributed by atoms with E-state index in [1.54, 1.807) is 0 Å². The Kier molecular flexibility index (Phi) is 3.09. The third kappa shape index (κ3) is 2.31. The van der Waals surface area contributed by atoms with Gasteiger partial charge in [-0.2, -0.15) is 0 Å². The van der Waals surface area contributed by atoms with Gasteiger partial charge in [-0.1, -0.05) is 6.08 Å². The molecule has 1 heterocycles. The van der Waals surface area contributed by atoms with Crippen molar-refractivity contribution in [1.29, 1.82) is 0 Å². The molecule has 0 aromatic carbocycles. The molecule has 1 atom stereocenters. The first-order chi connectivity index (χ1) is 5.24. The van der Waals surface area contributed by atoms with Crippen LogP contribution >= 0.6 is 0 Å². The van der Waals surface area contributed by atoms with Crippen LogP contribution < -0.4 is 0 Å². The lowest BCUT2D eigenvalue weighted by Crippen LogP contribution is -2.44. The molecule has 1 aliphatic heterocycles. The van der Waals surface area contributed by atoms with E-state index in [1.165, 1.54) is 0 Å². The summed E-state index contributed by atoms with van der Waals surface area (Å²) in [6.07, 6.45) is 2.13. The van der Waals surface area contributed by atoms with Crippen LogP contribution in [0.4, 0.5) is 0 Å². The maximum Gasteiger partial charge on any atom is 0.0880 e. The summed E-state index contributed by atoms with van der Waals surface area (Å²) in [5, 5.41) is 0. The van der Waals surface area contributed by atoms with Gasteiger partial charge in [0.15, 0.2) is 0 Å². The maximum atomic E-state index is 5.45. The Hall–Kier alpha value is -0.340. The first kappa shape index (κ1) is 8.75. The number of ether oxygens (including phenoxy) is 1. The molecule has 0 spiro atoms. The predicted octanol–water partition coefficient (Wildman–Crippen LogP) is 1.28. The average molecular weight is 155 g/mol. The summed E-state index contributed by atoms with van der Waals surface area (Å²) in [4.78, 5) is 2.41. The van der Waals surface area contributed by atoms with Gasteiger partial charge in [0.25, 0.3) is 0 Å². The SMILES string of the molecule is C=CC1CN(C(C)C)CCO1. The summed E-state index contributed by atoms with van der Waals surface area (Å²) >= 11 is 0. The molecule has 1 rings (SSSR count). The lowest BCUT2D eigenvalue weighted by molar-refractivity contribution is -0.0147. The molecular formula is C9H17NO. The van der Waals surface area contributed by atoms with Crippen molar-refractivity contribution < 1.29 is 4.74 Å². The van der Waals surface area contributed by atoms with Crippen molar-refractivity contribution in [3.05, 3.63) is 12.7 Å². The molecule has 0 radical (unpaired) electrons. The molecule has 1 aliphatic rings. The summed E-state index contributed by atoms with van der Waals surface area (Å²) < 4.78 is 5.45. The standard InChI is InChI=1S/C9H17NO/c1-4-9-7-10(8(2)3)5-6-11-9/h4,8-9H,1,5-7H2,2-3H3. The molecule has 2 heteroatoms. The minimum absolute atomic E-state index is 0.242. The normalized spacial score (nSPS) is 27.4. The first-order valence-electron chi connectivity index (χ1n) is 4.22. The fourth-order valence-corrected chi connectivity index (χ4v) is 1.31. The number of hydrogen-bond donors (Lipinski definition) is 0. The Bertz CT molecular complexity index is 134. The van der Waals surface area contributed by atoms with Gasteiger partial charge in [-0.3, -0.25) is 4.90 Å². The van der Waals surface area contributed by atoms with Crippen LogP contribution in [0.2, 0.25) is 0 Å². The minimum Gasteiger partial charge on any atom is -0.371 e. The van der Waals surface area contributed by atoms with Gasteiger partial charge in [0.1, 0.15) is 0 Å². The van der Waals surface area contributed by atoms with E-state index in [9.17, 15) is 0 Å². The molecule has 0 aliphatic carbocycles. The zero-order valence-corrected chi connectivity index (χ0v) is 7.42. The smallest absolute Gasteiger partial charge is 0.0880 e. The van der Waals surface area contributed by atoms with Gasteiger partial charge in [-0.25, -0.2) is 0 Å². The maximum absolute atomic E-state index is 5.45. The second-order valence-corrected chi connectivity index (χ2v) is 3.23. The lowest BCUT2D eigenvalue weighted by Gasteiger charge is -2.34. The van der Waals surface area contributed by atoms with E-state index in [-0.39, 0.29) is 6.10 Å². The van der Waals surface area contributed by atoms with E-state index < -0.39 is 0 Å². The van der Waals surface area contributed by atoms with Gasteiger partial charge in [0, 0.05) is 19.1 Å². The average Bonchev–Trinajstić information content (AvgIpc) is 2.05. The van der Waals surface area contributed by atoms with Crippen molar-refractivity contribution in [2.45, 2.75) is 26.0 Å². The summed E-state index contributed by atoms with van der Waals surface area (Å²) in [5.74, 6) is 0. The van der Waals surface area contributed by atoms with Gasteiger partial charge >= 0.3 is 0 Å². The van der Waals surface area contributed by atoms with Crippen LogP contribution in [-0.2, 0) is 4.74 Å². The highest BCUT2D eigenvalue weighted by Crippen LogP contribution is 2.08. The van der Waals surface area contributed by atoms with E-state index in [0.29, 0.717) is 6.04 Å². The molecular weight excluding hydrogens is 138 g/mol. The van der Waals surface area contributed by atoms with Crippen molar-refractivity contribution in [3.63, 3.8) is 0 Å². The van der Waals surface area contributed by atoms with Crippen LogP contribution in [0.15, 0.2) is 12.7 Å². The third-order valence-electron chi connectivity index (χ3n) is 2.12. The van der Waals surface area contributed by atoms with Gasteiger partial charge < -0.3 is 4.74 Å². The van der Waals surface area contributed by atoms with E-state index in [0.717, 1.165) is 19.7 Å². The minimum atomic E-state index is 0.242. The molecule has 1 saturated heterocycles. The fourth-order valence-electron chi connectivity index (χ4n) is 1.31. The Morgan fingerprint density at radius 2 is 2.36 bits per heavy atom. The van der Waals surface area contributed by atoms with Crippen LogP contribution in [0.1, 0.15) is 13.8 Å². The second kappa shape index (κ2) is 3.88. The zero-order chi connectivity index (χ0) is 8.27. The quantitative estimate of drug-likeness (QED) is 0.557. The first-order valence-corrected chi connectivity index (χ1v) is 4.22. The van der Waals surface area contributed by atoms with Gasteiger partial charge in [-0.15, -0.1) is 6.58 Å². The molecule has 0 aromatic rings.